The van der Waals surface area contributed by atoms with Gasteiger partial charge in [0.15, 0.2) is 0 Å². The molecule has 20 heavy (non-hydrogen) atoms. The molecular formula is C19H31N. The van der Waals surface area contributed by atoms with Gasteiger partial charge in [-0.25, -0.2) is 0 Å². The van der Waals surface area contributed by atoms with Gasteiger partial charge >= 0.3 is 0 Å². The second kappa shape index (κ2) is 7.83. The highest BCUT2D eigenvalue weighted by molar-refractivity contribution is 5.33. The van der Waals surface area contributed by atoms with E-state index in [1.165, 1.54) is 70.0 Å². The molecule has 1 heteroatoms. The van der Waals surface area contributed by atoms with E-state index >= 15 is 0 Å². The second-order valence-corrected chi connectivity index (χ2v) is 6.62. The van der Waals surface area contributed by atoms with Crippen molar-refractivity contribution in [1.29, 1.82) is 0 Å². The second-order valence-electron chi connectivity index (χ2n) is 6.62. The van der Waals surface area contributed by atoms with Crippen LogP contribution in [0.5, 0.6) is 0 Å². The van der Waals surface area contributed by atoms with E-state index in [1.807, 2.05) is 0 Å². The number of unbranched alkanes of at least 4 members (excludes halogenated alkanes) is 6. The van der Waals surface area contributed by atoms with Crippen LogP contribution < -0.4 is 5.32 Å². The lowest BCUT2D eigenvalue weighted by molar-refractivity contribution is 0.249. The average molecular weight is 273 g/mol. The van der Waals surface area contributed by atoms with E-state index in [2.05, 4.69) is 43.4 Å². The molecule has 1 heterocycles. The molecule has 0 saturated carbocycles. The van der Waals surface area contributed by atoms with Crippen molar-refractivity contribution >= 4 is 0 Å². The van der Waals surface area contributed by atoms with E-state index in [0.29, 0.717) is 5.41 Å². The summed E-state index contributed by atoms with van der Waals surface area (Å²) in [5.41, 5.74) is 3.39. The number of hydrogen-bond donors (Lipinski definition) is 1. The molecule has 1 aromatic carbocycles. The number of rotatable bonds is 9. The lowest BCUT2D eigenvalue weighted by atomic mass is 9.71. The number of benzene rings is 1. The molecule has 0 bridgehead atoms. The van der Waals surface area contributed by atoms with E-state index < -0.39 is 0 Å². The van der Waals surface area contributed by atoms with E-state index in [9.17, 15) is 0 Å². The van der Waals surface area contributed by atoms with Crippen molar-refractivity contribution in [2.24, 2.45) is 0 Å². The minimum Gasteiger partial charge on any atom is -0.315 e. The zero-order chi connectivity index (χ0) is 14.3. The SMILES string of the molecule is CCCCCCCCCC1(c2cccc(C)c2)CNC1. The van der Waals surface area contributed by atoms with E-state index in [0.717, 1.165) is 0 Å². The first kappa shape index (κ1) is 15.6. The first-order chi connectivity index (χ1) is 9.77. The molecule has 0 spiro atoms. The number of hydrogen-bond acceptors (Lipinski definition) is 1. The Labute approximate surface area is 125 Å². The Bertz CT molecular complexity index is 393. The largest absolute Gasteiger partial charge is 0.315 e. The van der Waals surface area contributed by atoms with Crippen LogP contribution in [-0.4, -0.2) is 13.1 Å². The van der Waals surface area contributed by atoms with Crippen molar-refractivity contribution in [3.05, 3.63) is 35.4 Å². The van der Waals surface area contributed by atoms with Crippen molar-refractivity contribution in [3.63, 3.8) is 0 Å². The molecule has 1 aliphatic heterocycles. The summed E-state index contributed by atoms with van der Waals surface area (Å²) in [7, 11) is 0. The summed E-state index contributed by atoms with van der Waals surface area (Å²) in [4.78, 5) is 0. The van der Waals surface area contributed by atoms with Gasteiger partial charge in [0, 0.05) is 18.5 Å². The van der Waals surface area contributed by atoms with Crippen molar-refractivity contribution < 1.29 is 0 Å². The number of nitrogens with one attached hydrogen (secondary N) is 1. The van der Waals surface area contributed by atoms with Crippen LogP contribution in [0.25, 0.3) is 0 Å². The molecule has 0 amide bonds. The Morgan fingerprint density at radius 3 is 2.30 bits per heavy atom. The fraction of sp³-hybridized carbons (Fsp3) is 0.684. The Kier molecular flexibility index (Phi) is 6.09. The fourth-order valence-corrected chi connectivity index (χ4v) is 3.35. The Morgan fingerprint density at radius 1 is 1.00 bits per heavy atom. The standard InChI is InChI=1S/C19H31N/c1-3-4-5-6-7-8-9-13-19(15-20-16-19)18-12-10-11-17(2)14-18/h10-12,14,20H,3-9,13,15-16H2,1-2H3. The maximum atomic E-state index is 3.49. The molecule has 1 saturated heterocycles. The van der Waals surface area contributed by atoms with Gasteiger partial charge in [-0.05, 0) is 18.9 Å². The summed E-state index contributed by atoms with van der Waals surface area (Å²) in [6, 6.07) is 9.14. The molecule has 0 radical (unpaired) electrons. The monoisotopic (exact) mass is 273 g/mol. The van der Waals surface area contributed by atoms with Gasteiger partial charge in [0.25, 0.3) is 0 Å². The maximum absolute atomic E-state index is 3.49. The van der Waals surface area contributed by atoms with Gasteiger partial charge in [-0.2, -0.15) is 0 Å². The topological polar surface area (TPSA) is 12.0 Å². The van der Waals surface area contributed by atoms with Crippen molar-refractivity contribution in [1.82, 2.24) is 5.32 Å². The third kappa shape index (κ3) is 4.09. The fourth-order valence-electron chi connectivity index (χ4n) is 3.35. The molecule has 0 unspecified atom stereocenters. The summed E-state index contributed by atoms with van der Waals surface area (Å²) in [5.74, 6) is 0. The van der Waals surface area contributed by atoms with E-state index in [1.54, 1.807) is 5.56 Å². The van der Waals surface area contributed by atoms with E-state index in [4.69, 9.17) is 0 Å². The number of aryl methyl sites for hydroxylation is 1. The van der Waals surface area contributed by atoms with Crippen LogP contribution in [0.1, 0.15) is 69.4 Å². The highest BCUT2D eigenvalue weighted by Gasteiger charge is 2.37. The van der Waals surface area contributed by atoms with Crippen LogP contribution in [0.3, 0.4) is 0 Å². The Hall–Kier alpha value is -0.820. The zero-order valence-corrected chi connectivity index (χ0v) is 13.4. The summed E-state index contributed by atoms with van der Waals surface area (Å²) < 4.78 is 0. The highest BCUT2D eigenvalue weighted by Crippen LogP contribution is 2.34. The average Bonchev–Trinajstić information content (AvgIpc) is 2.40. The summed E-state index contributed by atoms with van der Waals surface area (Å²) in [6.45, 7) is 6.84. The Balaban J connectivity index is 1.75. The van der Waals surface area contributed by atoms with Crippen LogP contribution in [0, 0.1) is 6.92 Å². The van der Waals surface area contributed by atoms with Crippen LogP contribution >= 0.6 is 0 Å². The lowest BCUT2D eigenvalue weighted by Crippen LogP contribution is -2.56. The normalized spacial score (nSPS) is 16.9. The molecule has 1 aromatic rings. The van der Waals surface area contributed by atoms with Crippen LogP contribution in [0.4, 0.5) is 0 Å². The smallest absolute Gasteiger partial charge is 0.0202 e. The molecule has 0 aliphatic carbocycles. The maximum Gasteiger partial charge on any atom is 0.0202 e. The van der Waals surface area contributed by atoms with Gasteiger partial charge in [0.1, 0.15) is 0 Å². The predicted molar refractivity (Wildman–Crippen MR) is 88.3 cm³/mol. The summed E-state index contributed by atoms with van der Waals surface area (Å²) in [5, 5.41) is 3.49. The van der Waals surface area contributed by atoms with Gasteiger partial charge in [-0.3, -0.25) is 0 Å². The molecule has 1 aliphatic rings. The molecule has 2 rings (SSSR count). The zero-order valence-electron chi connectivity index (χ0n) is 13.4. The van der Waals surface area contributed by atoms with E-state index in [-0.39, 0.29) is 0 Å². The summed E-state index contributed by atoms with van der Waals surface area (Å²) >= 11 is 0. The molecule has 112 valence electrons. The quantitative estimate of drug-likeness (QED) is 0.626. The molecule has 1 N–H and O–H groups in total. The van der Waals surface area contributed by atoms with Crippen molar-refractivity contribution in [2.75, 3.05) is 13.1 Å². The van der Waals surface area contributed by atoms with Gasteiger partial charge in [0.2, 0.25) is 0 Å². The Morgan fingerprint density at radius 2 is 1.70 bits per heavy atom. The van der Waals surface area contributed by atoms with Crippen molar-refractivity contribution in [2.45, 2.75) is 70.6 Å². The van der Waals surface area contributed by atoms with Gasteiger partial charge in [-0.1, -0.05) is 81.7 Å². The van der Waals surface area contributed by atoms with Crippen molar-refractivity contribution in [3.8, 4) is 0 Å². The first-order valence-electron chi connectivity index (χ1n) is 8.55. The molecule has 1 fully saturated rings. The third-order valence-electron chi connectivity index (χ3n) is 4.82. The third-order valence-corrected chi connectivity index (χ3v) is 4.82. The molecule has 1 nitrogen and oxygen atoms in total. The minimum atomic E-state index is 0.440. The highest BCUT2D eigenvalue weighted by atomic mass is 15.0. The van der Waals surface area contributed by atoms with Crippen LogP contribution in [-0.2, 0) is 5.41 Å². The van der Waals surface area contributed by atoms with Crippen LogP contribution in [0.2, 0.25) is 0 Å². The van der Waals surface area contributed by atoms with Gasteiger partial charge in [0.05, 0.1) is 0 Å². The minimum absolute atomic E-state index is 0.440. The molecule has 0 aromatic heterocycles. The van der Waals surface area contributed by atoms with Gasteiger partial charge < -0.3 is 5.32 Å². The van der Waals surface area contributed by atoms with Gasteiger partial charge in [-0.15, -0.1) is 0 Å². The summed E-state index contributed by atoms with van der Waals surface area (Å²) in [6.07, 6.45) is 11.2. The molecule has 0 atom stereocenters. The van der Waals surface area contributed by atoms with Crippen LogP contribution in [0.15, 0.2) is 24.3 Å². The molecular weight excluding hydrogens is 242 g/mol. The predicted octanol–water partition coefficient (Wildman–Crippen LogP) is 4.98. The first-order valence-corrected chi connectivity index (χ1v) is 8.55. The lowest BCUT2D eigenvalue weighted by Gasteiger charge is -2.43.